The standard InChI is InChI=1S/C12H18N4O2/c1-7-10(3-4-18-7)16(2)12-9(11(14)17)5-8(13)6-15-12/h5-7,10H,3-4,13H2,1-2H3,(H2,14,17). The van der Waals surface area contributed by atoms with E-state index in [0.717, 1.165) is 13.0 Å². The van der Waals surface area contributed by atoms with E-state index in [1.165, 1.54) is 6.20 Å². The number of nitrogen functional groups attached to an aromatic ring is 1. The summed E-state index contributed by atoms with van der Waals surface area (Å²) in [5.41, 5.74) is 11.8. The second kappa shape index (κ2) is 4.81. The largest absolute Gasteiger partial charge is 0.397 e. The number of amides is 1. The Balaban J connectivity index is 2.35. The average molecular weight is 250 g/mol. The number of hydrogen-bond donors (Lipinski definition) is 2. The zero-order valence-electron chi connectivity index (χ0n) is 10.6. The summed E-state index contributed by atoms with van der Waals surface area (Å²) in [6, 6.07) is 1.75. The fourth-order valence-electron chi connectivity index (χ4n) is 2.32. The first kappa shape index (κ1) is 12.6. The Bertz CT molecular complexity index is 463. The van der Waals surface area contributed by atoms with Gasteiger partial charge in [-0.1, -0.05) is 0 Å². The molecule has 4 N–H and O–H groups in total. The van der Waals surface area contributed by atoms with Crippen molar-refractivity contribution in [2.75, 3.05) is 24.3 Å². The van der Waals surface area contributed by atoms with Crippen LogP contribution in [0, 0.1) is 0 Å². The lowest BCUT2D eigenvalue weighted by molar-refractivity contribution is 0.0999. The fourth-order valence-corrected chi connectivity index (χ4v) is 2.32. The highest BCUT2D eigenvalue weighted by atomic mass is 16.5. The van der Waals surface area contributed by atoms with E-state index in [1.54, 1.807) is 6.07 Å². The number of carbonyl (C=O) groups is 1. The summed E-state index contributed by atoms with van der Waals surface area (Å²) in [5, 5.41) is 0. The van der Waals surface area contributed by atoms with Gasteiger partial charge in [-0.05, 0) is 19.4 Å². The molecule has 18 heavy (non-hydrogen) atoms. The second-order valence-electron chi connectivity index (χ2n) is 4.55. The van der Waals surface area contributed by atoms with Crippen LogP contribution in [0.5, 0.6) is 0 Å². The Morgan fingerprint density at radius 2 is 2.33 bits per heavy atom. The van der Waals surface area contributed by atoms with E-state index in [9.17, 15) is 4.79 Å². The van der Waals surface area contributed by atoms with E-state index in [1.807, 2.05) is 18.9 Å². The quantitative estimate of drug-likeness (QED) is 0.808. The van der Waals surface area contributed by atoms with Gasteiger partial charge in [0.15, 0.2) is 0 Å². The predicted molar refractivity (Wildman–Crippen MR) is 69.4 cm³/mol. The maximum Gasteiger partial charge on any atom is 0.252 e. The van der Waals surface area contributed by atoms with Crippen LogP contribution in [0.4, 0.5) is 11.5 Å². The van der Waals surface area contributed by atoms with Crippen LogP contribution in [0.25, 0.3) is 0 Å². The second-order valence-corrected chi connectivity index (χ2v) is 4.55. The Kier molecular flexibility index (Phi) is 3.38. The van der Waals surface area contributed by atoms with Gasteiger partial charge in [0.25, 0.3) is 5.91 Å². The number of carbonyl (C=O) groups excluding carboxylic acids is 1. The molecule has 1 aromatic rings. The minimum absolute atomic E-state index is 0.107. The van der Waals surface area contributed by atoms with Crippen molar-refractivity contribution in [2.24, 2.45) is 5.73 Å². The van der Waals surface area contributed by atoms with E-state index in [0.29, 0.717) is 17.1 Å². The minimum atomic E-state index is -0.525. The fraction of sp³-hybridized carbons (Fsp3) is 0.500. The van der Waals surface area contributed by atoms with Gasteiger partial charge in [-0.15, -0.1) is 0 Å². The number of ether oxygens (including phenoxy) is 1. The molecule has 1 saturated heterocycles. The molecule has 0 spiro atoms. The number of nitrogens with two attached hydrogens (primary N) is 2. The van der Waals surface area contributed by atoms with E-state index in [-0.39, 0.29) is 12.1 Å². The first-order valence-corrected chi connectivity index (χ1v) is 5.90. The van der Waals surface area contributed by atoms with Crippen LogP contribution in [-0.2, 0) is 4.74 Å². The summed E-state index contributed by atoms with van der Waals surface area (Å²) >= 11 is 0. The first-order valence-electron chi connectivity index (χ1n) is 5.90. The molecule has 2 atom stereocenters. The SMILES string of the molecule is CC1OCCC1N(C)c1ncc(N)cc1C(N)=O. The molecule has 6 nitrogen and oxygen atoms in total. The highest BCUT2D eigenvalue weighted by Gasteiger charge is 2.30. The maximum atomic E-state index is 11.4. The van der Waals surface area contributed by atoms with Crippen LogP contribution in [0.2, 0.25) is 0 Å². The monoisotopic (exact) mass is 250 g/mol. The van der Waals surface area contributed by atoms with Crippen molar-refractivity contribution < 1.29 is 9.53 Å². The molecule has 1 aliphatic rings. The molecule has 2 rings (SSSR count). The van der Waals surface area contributed by atoms with Crippen molar-refractivity contribution in [1.82, 2.24) is 4.98 Å². The number of nitrogens with zero attached hydrogens (tertiary/aromatic N) is 2. The van der Waals surface area contributed by atoms with Gasteiger partial charge in [-0.2, -0.15) is 0 Å². The van der Waals surface area contributed by atoms with E-state index >= 15 is 0 Å². The average Bonchev–Trinajstić information content (AvgIpc) is 2.74. The molecular formula is C12H18N4O2. The number of primary amides is 1. The molecular weight excluding hydrogens is 232 g/mol. The van der Waals surface area contributed by atoms with Gasteiger partial charge in [-0.25, -0.2) is 4.98 Å². The highest BCUT2D eigenvalue weighted by molar-refractivity contribution is 5.98. The van der Waals surface area contributed by atoms with Crippen LogP contribution in [0.1, 0.15) is 23.7 Å². The van der Waals surface area contributed by atoms with E-state index in [4.69, 9.17) is 16.2 Å². The summed E-state index contributed by atoms with van der Waals surface area (Å²) in [6.45, 7) is 2.73. The van der Waals surface area contributed by atoms with Crippen molar-refractivity contribution in [3.63, 3.8) is 0 Å². The highest BCUT2D eigenvalue weighted by Crippen LogP contribution is 2.26. The van der Waals surface area contributed by atoms with Crippen molar-refractivity contribution in [1.29, 1.82) is 0 Å². The molecule has 1 aromatic heterocycles. The van der Waals surface area contributed by atoms with Crippen molar-refractivity contribution >= 4 is 17.4 Å². The van der Waals surface area contributed by atoms with Crippen LogP contribution in [0.3, 0.4) is 0 Å². The molecule has 0 aliphatic carbocycles. The van der Waals surface area contributed by atoms with Gasteiger partial charge in [0, 0.05) is 13.7 Å². The number of pyridine rings is 1. The molecule has 1 amide bonds. The molecule has 0 bridgehead atoms. The normalized spacial score (nSPS) is 23.0. The topological polar surface area (TPSA) is 94.5 Å². The summed E-state index contributed by atoms with van der Waals surface area (Å²) < 4.78 is 5.52. The number of rotatable bonds is 3. The molecule has 2 heterocycles. The van der Waals surface area contributed by atoms with E-state index in [2.05, 4.69) is 4.98 Å². The zero-order valence-corrected chi connectivity index (χ0v) is 10.6. The molecule has 1 aliphatic heterocycles. The lowest BCUT2D eigenvalue weighted by Gasteiger charge is -2.28. The van der Waals surface area contributed by atoms with Gasteiger partial charge in [0.1, 0.15) is 5.82 Å². The van der Waals surface area contributed by atoms with Crippen molar-refractivity contribution in [3.8, 4) is 0 Å². The third-order valence-corrected chi connectivity index (χ3v) is 3.32. The van der Waals surface area contributed by atoms with Gasteiger partial charge >= 0.3 is 0 Å². The smallest absolute Gasteiger partial charge is 0.252 e. The van der Waals surface area contributed by atoms with Gasteiger partial charge < -0.3 is 21.1 Å². The molecule has 0 aromatic carbocycles. The Labute approximate surface area is 106 Å². The van der Waals surface area contributed by atoms with Gasteiger partial charge in [-0.3, -0.25) is 4.79 Å². The van der Waals surface area contributed by atoms with Crippen LogP contribution in [-0.4, -0.2) is 36.7 Å². The lowest BCUT2D eigenvalue weighted by Crippen LogP contribution is -2.38. The number of likely N-dealkylation sites (N-methyl/N-ethyl adjacent to an activating group) is 1. The predicted octanol–water partition coefficient (Wildman–Crippen LogP) is 0.376. The number of hydrogen-bond acceptors (Lipinski definition) is 5. The third-order valence-electron chi connectivity index (χ3n) is 3.32. The van der Waals surface area contributed by atoms with Gasteiger partial charge in [0.2, 0.25) is 0 Å². The van der Waals surface area contributed by atoms with Crippen LogP contribution in [0.15, 0.2) is 12.3 Å². The van der Waals surface area contributed by atoms with Crippen LogP contribution < -0.4 is 16.4 Å². The Morgan fingerprint density at radius 1 is 1.61 bits per heavy atom. The summed E-state index contributed by atoms with van der Waals surface area (Å²) in [6.07, 6.45) is 2.54. The van der Waals surface area contributed by atoms with E-state index < -0.39 is 5.91 Å². The van der Waals surface area contributed by atoms with Crippen molar-refractivity contribution in [3.05, 3.63) is 17.8 Å². The lowest BCUT2D eigenvalue weighted by atomic mass is 10.1. The first-order chi connectivity index (χ1) is 8.50. The summed E-state index contributed by atoms with van der Waals surface area (Å²) in [7, 11) is 1.89. The third kappa shape index (κ3) is 2.24. The molecule has 1 fully saturated rings. The number of aromatic nitrogens is 1. The number of anilines is 2. The molecule has 98 valence electrons. The Morgan fingerprint density at radius 3 is 2.89 bits per heavy atom. The maximum absolute atomic E-state index is 11.4. The van der Waals surface area contributed by atoms with Crippen molar-refractivity contribution in [2.45, 2.75) is 25.5 Å². The minimum Gasteiger partial charge on any atom is -0.397 e. The molecule has 0 radical (unpaired) electrons. The summed E-state index contributed by atoms with van der Waals surface area (Å²) in [4.78, 5) is 17.6. The zero-order chi connectivity index (χ0) is 13.3. The van der Waals surface area contributed by atoms with Gasteiger partial charge in [0.05, 0.1) is 29.6 Å². The molecule has 6 heteroatoms. The molecule has 0 saturated carbocycles. The molecule has 2 unspecified atom stereocenters. The Hall–Kier alpha value is -1.82. The van der Waals surface area contributed by atoms with Crippen LogP contribution >= 0.6 is 0 Å². The summed E-state index contributed by atoms with van der Waals surface area (Å²) in [5.74, 6) is 0.0299.